The van der Waals surface area contributed by atoms with Crippen LogP contribution in [0.2, 0.25) is 0 Å². The molecule has 0 saturated carbocycles. The van der Waals surface area contributed by atoms with Gasteiger partial charge < -0.3 is 9.80 Å². The van der Waals surface area contributed by atoms with Crippen LogP contribution in [0.25, 0.3) is 0 Å². The van der Waals surface area contributed by atoms with E-state index in [1.807, 2.05) is 15.8 Å². The molecule has 1 atom stereocenters. The molecule has 1 unspecified atom stereocenters. The van der Waals surface area contributed by atoms with Crippen LogP contribution in [-0.4, -0.2) is 63.9 Å². The highest BCUT2D eigenvalue weighted by Gasteiger charge is 2.30. The lowest BCUT2D eigenvalue weighted by atomic mass is 10.3. The summed E-state index contributed by atoms with van der Waals surface area (Å²) in [5.74, 6) is -0.0822. The first-order valence-electron chi connectivity index (χ1n) is 7.90. The molecule has 0 N–H and O–H groups in total. The molecule has 4 rings (SSSR count). The van der Waals surface area contributed by atoms with Crippen LogP contribution < -0.4 is 9.80 Å². The predicted molar refractivity (Wildman–Crippen MR) is 85.5 cm³/mol. The van der Waals surface area contributed by atoms with E-state index in [-0.39, 0.29) is 12.1 Å². The summed E-state index contributed by atoms with van der Waals surface area (Å²) in [7, 11) is 1.79. The Balaban J connectivity index is 1.48. The van der Waals surface area contributed by atoms with Gasteiger partial charge in [0.2, 0.25) is 0 Å². The van der Waals surface area contributed by atoms with Gasteiger partial charge in [-0.25, -0.2) is 19.2 Å². The standard InChI is InChI=1S/C15H18FN7O/c1-20-4-5-22(15(20)24)12-6-19-23(9-12)11-2-3-21(8-11)14-13(16)7-17-10-18-14/h6-7,9-11H,2-5,8H2,1H3. The Bertz CT molecular complexity index is 764. The second kappa shape index (κ2) is 5.73. The quantitative estimate of drug-likeness (QED) is 0.843. The third kappa shape index (κ3) is 2.45. The van der Waals surface area contributed by atoms with Crippen molar-refractivity contribution in [1.29, 1.82) is 0 Å². The van der Waals surface area contributed by atoms with Gasteiger partial charge in [-0.05, 0) is 6.42 Å². The zero-order valence-corrected chi connectivity index (χ0v) is 13.3. The second-order valence-corrected chi connectivity index (χ2v) is 6.12. The average molecular weight is 331 g/mol. The Kier molecular flexibility index (Phi) is 3.55. The van der Waals surface area contributed by atoms with E-state index in [4.69, 9.17) is 0 Å². The number of anilines is 2. The van der Waals surface area contributed by atoms with E-state index >= 15 is 0 Å². The number of hydrogen-bond acceptors (Lipinski definition) is 5. The number of urea groups is 1. The molecule has 24 heavy (non-hydrogen) atoms. The van der Waals surface area contributed by atoms with Gasteiger partial charge in [0.25, 0.3) is 0 Å². The molecule has 0 aromatic carbocycles. The fourth-order valence-corrected chi connectivity index (χ4v) is 3.24. The summed E-state index contributed by atoms with van der Waals surface area (Å²) >= 11 is 0. The van der Waals surface area contributed by atoms with E-state index in [0.29, 0.717) is 32.0 Å². The van der Waals surface area contributed by atoms with Crippen molar-refractivity contribution in [2.75, 3.05) is 43.0 Å². The normalized spacial score (nSPS) is 21.2. The lowest BCUT2D eigenvalue weighted by molar-refractivity contribution is 0.229. The first-order valence-corrected chi connectivity index (χ1v) is 7.90. The molecule has 2 amide bonds. The second-order valence-electron chi connectivity index (χ2n) is 6.12. The SMILES string of the molecule is CN1CCN(c2cnn(C3CCN(c4ncncc4F)C3)c2)C1=O. The summed E-state index contributed by atoms with van der Waals surface area (Å²) in [6.07, 6.45) is 6.98. The summed E-state index contributed by atoms with van der Waals surface area (Å²) in [6, 6.07) is 0.120. The number of likely N-dealkylation sites (N-methyl/N-ethyl adjacent to an activating group) is 1. The van der Waals surface area contributed by atoms with E-state index in [9.17, 15) is 9.18 Å². The number of aromatic nitrogens is 4. The molecule has 2 aliphatic heterocycles. The van der Waals surface area contributed by atoms with Crippen LogP contribution in [0, 0.1) is 5.82 Å². The molecule has 0 aliphatic carbocycles. The molecule has 2 saturated heterocycles. The number of carbonyl (C=O) groups is 1. The zero-order chi connectivity index (χ0) is 16.7. The number of hydrogen-bond donors (Lipinski definition) is 0. The van der Waals surface area contributed by atoms with E-state index in [1.54, 1.807) is 23.0 Å². The van der Waals surface area contributed by atoms with Gasteiger partial charge in [-0.1, -0.05) is 0 Å². The van der Waals surface area contributed by atoms with Crippen molar-refractivity contribution in [3.05, 3.63) is 30.7 Å². The molecule has 0 radical (unpaired) electrons. The number of carbonyl (C=O) groups excluding carboxylic acids is 1. The minimum atomic E-state index is -0.412. The lowest BCUT2D eigenvalue weighted by Crippen LogP contribution is -2.28. The van der Waals surface area contributed by atoms with Crippen LogP contribution in [0.15, 0.2) is 24.9 Å². The first kappa shape index (κ1) is 14.9. The Labute approximate surface area is 138 Å². The Morgan fingerprint density at radius 3 is 2.88 bits per heavy atom. The molecule has 2 aromatic heterocycles. The van der Waals surface area contributed by atoms with E-state index < -0.39 is 5.82 Å². The number of nitrogens with zero attached hydrogens (tertiary/aromatic N) is 7. The molecule has 8 nitrogen and oxygen atoms in total. The zero-order valence-electron chi connectivity index (χ0n) is 13.3. The van der Waals surface area contributed by atoms with Crippen LogP contribution in [0.1, 0.15) is 12.5 Å². The highest BCUT2D eigenvalue weighted by molar-refractivity contribution is 5.93. The molecule has 2 aliphatic rings. The third-order valence-corrected chi connectivity index (χ3v) is 4.60. The van der Waals surface area contributed by atoms with Gasteiger partial charge in [-0.15, -0.1) is 0 Å². The van der Waals surface area contributed by atoms with Gasteiger partial charge in [0.15, 0.2) is 11.6 Å². The maximum Gasteiger partial charge on any atom is 0.324 e. The average Bonchev–Trinajstić information content (AvgIpc) is 3.29. The molecule has 126 valence electrons. The summed E-state index contributed by atoms with van der Waals surface area (Å²) in [5, 5.41) is 4.40. The summed E-state index contributed by atoms with van der Waals surface area (Å²) in [4.78, 5) is 25.1. The summed E-state index contributed by atoms with van der Waals surface area (Å²) in [6.45, 7) is 2.72. The molecular formula is C15H18FN7O. The number of halogens is 1. The minimum Gasteiger partial charge on any atom is -0.352 e. The Morgan fingerprint density at radius 2 is 2.12 bits per heavy atom. The van der Waals surface area contributed by atoms with Gasteiger partial charge in [-0.3, -0.25) is 9.58 Å². The van der Waals surface area contributed by atoms with Gasteiger partial charge >= 0.3 is 6.03 Å². The molecule has 2 fully saturated rings. The van der Waals surface area contributed by atoms with Gasteiger partial charge in [0.1, 0.15) is 6.33 Å². The van der Waals surface area contributed by atoms with Gasteiger partial charge in [-0.2, -0.15) is 5.10 Å². The molecular weight excluding hydrogens is 313 g/mol. The smallest absolute Gasteiger partial charge is 0.324 e. The van der Waals surface area contributed by atoms with Crippen molar-refractivity contribution in [2.45, 2.75) is 12.5 Å². The molecule has 0 spiro atoms. The van der Waals surface area contributed by atoms with E-state index in [2.05, 4.69) is 15.1 Å². The van der Waals surface area contributed by atoms with Crippen LogP contribution in [0.5, 0.6) is 0 Å². The van der Waals surface area contributed by atoms with E-state index in [1.165, 1.54) is 12.5 Å². The maximum atomic E-state index is 13.8. The molecule has 9 heteroatoms. The van der Waals surface area contributed by atoms with E-state index in [0.717, 1.165) is 12.1 Å². The fourth-order valence-electron chi connectivity index (χ4n) is 3.24. The Morgan fingerprint density at radius 1 is 1.25 bits per heavy atom. The summed E-state index contributed by atoms with van der Waals surface area (Å²) < 4.78 is 15.7. The monoisotopic (exact) mass is 331 g/mol. The highest BCUT2D eigenvalue weighted by atomic mass is 19.1. The summed E-state index contributed by atoms with van der Waals surface area (Å²) in [5.41, 5.74) is 0.802. The van der Waals surface area contributed by atoms with Crippen LogP contribution in [-0.2, 0) is 0 Å². The van der Waals surface area contributed by atoms with Crippen molar-refractivity contribution in [3.8, 4) is 0 Å². The van der Waals surface area contributed by atoms with Crippen molar-refractivity contribution in [2.24, 2.45) is 0 Å². The molecule has 0 bridgehead atoms. The predicted octanol–water partition coefficient (Wildman–Crippen LogP) is 1.14. The Hall–Kier alpha value is -2.71. The number of amides is 2. The molecule has 2 aromatic rings. The van der Waals surface area contributed by atoms with Crippen LogP contribution >= 0.6 is 0 Å². The van der Waals surface area contributed by atoms with Crippen molar-refractivity contribution < 1.29 is 9.18 Å². The fraction of sp³-hybridized carbons (Fsp3) is 0.467. The van der Waals surface area contributed by atoms with Crippen molar-refractivity contribution in [1.82, 2.24) is 24.6 Å². The lowest BCUT2D eigenvalue weighted by Gasteiger charge is -2.17. The van der Waals surface area contributed by atoms with Gasteiger partial charge in [0.05, 0.1) is 24.1 Å². The molecule has 4 heterocycles. The largest absolute Gasteiger partial charge is 0.352 e. The first-order chi connectivity index (χ1) is 11.6. The van der Waals surface area contributed by atoms with Crippen LogP contribution in [0.4, 0.5) is 20.7 Å². The van der Waals surface area contributed by atoms with Crippen LogP contribution in [0.3, 0.4) is 0 Å². The van der Waals surface area contributed by atoms with Gasteiger partial charge in [0, 0.05) is 39.4 Å². The van der Waals surface area contributed by atoms with Crippen molar-refractivity contribution >= 4 is 17.5 Å². The maximum absolute atomic E-state index is 13.8. The van der Waals surface area contributed by atoms with Crippen molar-refractivity contribution in [3.63, 3.8) is 0 Å². The highest BCUT2D eigenvalue weighted by Crippen LogP contribution is 2.28. The minimum absolute atomic E-state index is 0.00865. The number of rotatable bonds is 3. The third-order valence-electron chi connectivity index (χ3n) is 4.60. The topological polar surface area (TPSA) is 70.4 Å².